The third-order valence-electron chi connectivity index (χ3n) is 1.31. The predicted octanol–water partition coefficient (Wildman–Crippen LogP) is 1.70. The first-order valence-corrected chi connectivity index (χ1v) is 3.45. The van der Waals surface area contributed by atoms with Gasteiger partial charge in [-0.3, -0.25) is 0 Å². The van der Waals surface area contributed by atoms with E-state index >= 15 is 0 Å². The molecule has 0 atom stereocenters. The Morgan fingerprint density at radius 3 is 2.82 bits per heavy atom. The zero-order chi connectivity index (χ0) is 8.43. The first-order valence-electron chi connectivity index (χ1n) is 3.08. The second-order valence-electron chi connectivity index (χ2n) is 2.22. The van der Waals surface area contributed by atoms with Gasteiger partial charge >= 0.3 is 0 Å². The number of nitrogens with two attached hydrogens (primary N) is 1. The van der Waals surface area contributed by atoms with Crippen LogP contribution in [0.2, 0.25) is 5.15 Å². The van der Waals surface area contributed by atoms with E-state index < -0.39 is 0 Å². The fraction of sp³-hybridized carbons (Fsp3) is 0.143. The Morgan fingerprint density at radius 2 is 2.36 bits per heavy atom. The van der Waals surface area contributed by atoms with Crippen LogP contribution >= 0.6 is 11.6 Å². The van der Waals surface area contributed by atoms with Crippen LogP contribution in [0, 0.1) is 5.41 Å². The van der Waals surface area contributed by atoms with Crippen LogP contribution < -0.4 is 5.73 Å². The Labute approximate surface area is 69.7 Å². The molecule has 11 heavy (non-hydrogen) atoms. The molecule has 58 valence electrons. The lowest BCUT2D eigenvalue weighted by Crippen LogP contribution is -2.00. The predicted molar refractivity (Wildman–Crippen MR) is 46.2 cm³/mol. The number of pyridine rings is 1. The molecule has 0 bridgehead atoms. The normalized spacial score (nSPS) is 9.64. The molecule has 0 amide bonds. The summed E-state index contributed by atoms with van der Waals surface area (Å²) in [4.78, 5) is 3.77. The Kier molecular flexibility index (Phi) is 2.10. The summed E-state index contributed by atoms with van der Waals surface area (Å²) in [5.74, 6) is 0. The molecule has 0 radical (unpaired) electrons. The molecule has 0 unspecified atom stereocenters. The number of nitrogen functional groups attached to an aromatic ring is 1. The van der Waals surface area contributed by atoms with Gasteiger partial charge in [0.2, 0.25) is 0 Å². The molecule has 1 rings (SSSR count). The number of rotatable bonds is 1. The van der Waals surface area contributed by atoms with Crippen LogP contribution in [-0.4, -0.2) is 10.7 Å². The largest absolute Gasteiger partial charge is 0.397 e. The maximum absolute atomic E-state index is 7.31. The quantitative estimate of drug-likeness (QED) is 0.497. The van der Waals surface area contributed by atoms with Crippen molar-refractivity contribution in [2.45, 2.75) is 6.92 Å². The van der Waals surface area contributed by atoms with Gasteiger partial charge in [0.25, 0.3) is 0 Å². The Hall–Kier alpha value is -1.09. The first-order chi connectivity index (χ1) is 5.11. The van der Waals surface area contributed by atoms with Crippen molar-refractivity contribution < 1.29 is 0 Å². The van der Waals surface area contributed by atoms with Crippen molar-refractivity contribution in [3.63, 3.8) is 0 Å². The van der Waals surface area contributed by atoms with Gasteiger partial charge < -0.3 is 11.1 Å². The van der Waals surface area contributed by atoms with E-state index in [0.29, 0.717) is 22.1 Å². The lowest BCUT2D eigenvalue weighted by atomic mass is 10.1. The van der Waals surface area contributed by atoms with Crippen molar-refractivity contribution in [3.05, 3.63) is 23.0 Å². The Morgan fingerprint density at radius 1 is 1.73 bits per heavy atom. The molecule has 0 saturated heterocycles. The van der Waals surface area contributed by atoms with Crippen LogP contribution in [0.3, 0.4) is 0 Å². The molecular weight excluding hydrogens is 162 g/mol. The van der Waals surface area contributed by atoms with Crippen molar-refractivity contribution in [2.24, 2.45) is 0 Å². The smallest absolute Gasteiger partial charge is 0.129 e. The van der Waals surface area contributed by atoms with Gasteiger partial charge in [0.15, 0.2) is 0 Å². The third-order valence-corrected chi connectivity index (χ3v) is 1.51. The number of nitrogens with one attached hydrogen (secondary N) is 1. The lowest BCUT2D eigenvalue weighted by molar-refractivity contribution is 1.31. The summed E-state index contributed by atoms with van der Waals surface area (Å²) in [6, 6.07) is 1.58. The van der Waals surface area contributed by atoms with E-state index in [4.69, 9.17) is 22.7 Å². The molecule has 0 spiro atoms. The van der Waals surface area contributed by atoms with E-state index in [1.807, 2.05) is 0 Å². The summed E-state index contributed by atoms with van der Waals surface area (Å²) in [5.41, 5.74) is 7.05. The van der Waals surface area contributed by atoms with Crippen LogP contribution in [0.4, 0.5) is 5.69 Å². The first kappa shape index (κ1) is 8.01. The average molecular weight is 170 g/mol. The van der Waals surface area contributed by atoms with Crippen molar-refractivity contribution in [3.8, 4) is 0 Å². The third kappa shape index (κ3) is 1.68. The van der Waals surface area contributed by atoms with E-state index in [0.717, 1.165) is 0 Å². The number of aromatic nitrogens is 1. The molecule has 0 aliphatic carbocycles. The second kappa shape index (κ2) is 2.88. The number of nitrogens with zero attached hydrogens (tertiary/aromatic N) is 1. The molecule has 0 aliphatic heterocycles. The average Bonchev–Trinajstić information content (AvgIpc) is 1.94. The molecule has 0 aromatic carbocycles. The molecule has 3 N–H and O–H groups in total. The summed E-state index contributed by atoms with van der Waals surface area (Å²) >= 11 is 5.60. The summed E-state index contributed by atoms with van der Waals surface area (Å²) in [6.07, 6.45) is 1.45. The molecule has 1 heterocycles. The molecule has 1 aromatic rings. The minimum atomic E-state index is 0.362. The second-order valence-corrected chi connectivity index (χ2v) is 2.61. The van der Waals surface area contributed by atoms with E-state index in [2.05, 4.69) is 4.98 Å². The lowest BCUT2D eigenvalue weighted by Gasteiger charge is -2.01. The standard InChI is InChI=1S/C7H8ClN3/c1-4(9)5-2-7(8)11-3-6(5)10/h2-3,9H,10H2,1H3. The number of hydrogen-bond acceptors (Lipinski definition) is 3. The van der Waals surface area contributed by atoms with Gasteiger partial charge in [-0.25, -0.2) is 4.98 Å². The molecular formula is C7H8ClN3. The maximum atomic E-state index is 7.31. The fourth-order valence-electron chi connectivity index (χ4n) is 0.765. The van der Waals surface area contributed by atoms with Crippen LogP contribution in [0.1, 0.15) is 12.5 Å². The van der Waals surface area contributed by atoms with Crippen molar-refractivity contribution in [1.82, 2.24) is 4.98 Å². The zero-order valence-electron chi connectivity index (χ0n) is 6.06. The van der Waals surface area contributed by atoms with Crippen molar-refractivity contribution in [1.29, 1.82) is 5.41 Å². The minimum absolute atomic E-state index is 0.362. The SMILES string of the molecule is CC(=N)c1cc(Cl)ncc1N. The maximum Gasteiger partial charge on any atom is 0.129 e. The van der Waals surface area contributed by atoms with Crippen LogP contribution in [0.5, 0.6) is 0 Å². The molecule has 1 aromatic heterocycles. The highest BCUT2D eigenvalue weighted by atomic mass is 35.5. The van der Waals surface area contributed by atoms with Gasteiger partial charge in [0.1, 0.15) is 5.15 Å². The van der Waals surface area contributed by atoms with E-state index in [1.165, 1.54) is 6.20 Å². The summed E-state index contributed by atoms with van der Waals surface area (Å²) < 4.78 is 0. The van der Waals surface area contributed by atoms with Crippen LogP contribution in [0.15, 0.2) is 12.3 Å². The Balaban J connectivity index is 3.23. The van der Waals surface area contributed by atoms with Crippen LogP contribution in [0.25, 0.3) is 0 Å². The van der Waals surface area contributed by atoms with E-state index in [-0.39, 0.29) is 0 Å². The monoisotopic (exact) mass is 169 g/mol. The molecule has 4 heteroatoms. The van der Waals surface area contributed by atoms with Gasteiger partial charge in [-0.15, -0.1) is 0 Å². The van der Waals surface area contributed by atoms with Gasteiger partial charge in [-0.05, 0) is 13.0 Å². The topological polar surface area (TPSA) is 62.8 Å². The van der Waals surface area contributed by atoms with Gasteiger partial charge in [-0.2, -0.15) is 0 Å². The van der Waals surface area contributed by atoms with Crippen molar-refractivity contribution >= 4 is 23.0 Å². The van der Waals surface area contributed by atoms with Gasteiger partial charge in [0.05, 0.1) is 11.9 Å². The van der Waals surface area contributed by atoms with Gasteiger partial charge in [0, 0.05) is 11.3 Å². The van der Waals surface area contributed by atoms with E-state index in [9.17, 15) is 0 Å². The highest BCUT2D eigenvalue weighted by Crippen LogP contribution is 2.14. The molecule has 0 aliphatic rings. The summed E-state index contributed by atoms with van der Waals surface area (Å²) in [6.45, 7) is 1.65. The highest BCUT2D eigenvalue weighted by Gasteiger charge is 2.01. The Bertz CT molecular complexity index is 296. The number of hydrogen-bond donors (Lipinski definition) is 2. The van der Waals surface area contributed by atoms with Gasteiger partial charge in [-0.1, -0.05) is 11.6 Å². The number of halogens is 1. The van der Waals surface area contributed by atoms with E-state index in [1.54, 1.807) is 13.0 Å². The zero-order valence-corrected chi connectivity index (χ0v) is 6.81. The van der Waals surface area contributed by atoms with Crippen molar-refractivity contribution in [2.75, 3.05) is 5.73 Å². The summed E-state index contributed by atoms with van der Waals surface area (Å²) in [5, 5.41) is 7.67. The number of anilines is 1. The van der Waals surface area contributed by atoms with Crippen LogP contribution in [-0.2, 0) is 0 Å². The fourth-order valence-corrected chi connectivity index (χ4v) is 0.923. The molecule has 0 fully saturated rings. The summed E-state index contributed by atoms with van der Waals surface area (Å²) in [7, 11) is 0. The highest BCUT2D eigenvalue weighted by molar-refractivity contribution is 6.29. The minimum Gasteiger partial charge on any atom is -0.397 e. The molecule has 0 saturated carbocycles. The molecule has 3 nitrogen and oxygen atoms in total.